The number of nitrogens with one attached hydrogen (secondary N) is 1. The van der Waals surface area contributed by atoms with Crippen molar-refractivity contribution in [1.29, 1.82) is 0 Å². The van der Waals surface area contributed by atoms with Gasteiger partial charge in [-0.3, -0.25) is 4.79 Å². The second-order valence-corrected chi connectivity index (χ2v) is 8.19. The molecule has 1 aliphatic rings. The number of hydrogen-bond acceptors (Lipinski definition) is 4. The molecule has 1 saturated heterocycles. The zero-order chi connectivity index (χ0) is 23.7. The Morgan fingerprint density at radius 2 is 1.71 bits per heavy atom. The number of nitrogens with zero attached hydrogens (tertiary/aromatic N) is 3. The third-order valence-corrected chi connectivity index (χ3v) is 6.03. The van der Waals surface area contributed by atoms with E-state index in [0.29, 0.717) is 24.3 Å². The second-order valence-electron chi connectivity index (χ2n) is 8.19. The van der Waals surface area contributed by atoms with E-state index in [1.54, 1.807) is 11.1 Å². The van der Waals surface area contributed by atoms with E-state index >= 15 is 0 Å². The number of alkyl halides is 3. The summed E-state index contributed by atoms with van der Waals surface area (Å²) in [7, 11) is 0. The lowest BCUT2D eigenvalue weighted by atomic mass is 9.89. The molecule has 0 atom stereocenters. The summed E-state index contributed by atoms with van der Waals surface area (Å²) >= 11 is 0. The van der Waals surface area contributed by atoms with Crippen LogP contribution in [0, 0.1) is 0 Å². The molecule has 3 heterocycles. The summed E-state index contributed by atoms with van der Waals surface area (Å²) in [6.45, 7) is 1.10. The van der Waals surface area contributed by atoms with Crippen LogP contribution in [0.5, 0.6) is 5.75 Å². The molecule has 0 spiro atoms. The molecule has 0 bridgehead atoms. The van der Waals surface area contributed by atoms with Gasteiger partial charge in [0.2, 0.25) is 0 Å². The van der Waals surface area contributed by atoms with Crippen molar-refractivity contribution in [1.82, 2.24) is 19.9 Å². The number of fused-ring (bicyclic) bond motifs is 1. The summed E-state index contributed by atoms with van der Waals surface area (Å²) in [5.74, 6) is 0.450. The minimum atomic E-state index is -4.76. The topological polar surface area (TPSA) is 71.1 Å². The van der Waals surface area contributed by atoms with Crippen molar-refractivity contribution in [2.75, 3.05) is 13.1 Å². The van der Waals surface area contributed by atoms with Gasteiger partial charge in [0.1, 0.15) is 11.6 Å². The van der Waals surface area contributed by atoms with Gasteiger partial charge in [-0.1, -0.05) is 30.3 Å². The number of carbonyl (C=O) groups excluding carboxylic acids is 1. The highest BCUT2D eigenvalue weighted by atomic mass is 19.4. The van der Waals surface area contributed by atoms with Crippen LogP contribution in [0.4, 0.5) is 13.2 Å². The summed E-state index contributed by atoms with van der Waals surface area (Å²) in [6, 6.07) is 16.9. The molecular formula is C25H21F3N4O2. The van der Waals surface area contributed by atoms with Crippen LogP contribution in [0.3, 0.4) is 0 Å². The Hall–Kier alpha value is -3.88. The molecule has 174 valence electrons. The number of ether oxygens (including phenoxy) is 1. The van der Waals surface area contributed by atoms with Crippen LogP contribution in [-0.4, -0.2) is 45.2 Å². The van der Waals surface area contributed by atoms with Crippen molar-refractivity contribution in [2.45, 2.75) is 25.1 Å². The Kier molecular flexibility index (Phi) is 5.69. The van der Waals surface area contributed by atoms with Gasteiger partial charge in [0.25, 0.3) is 5.91 Å². The first-order chi connectivity index (χ1) is 16.4. The van der Waals surface area contributed by atoms with Crippen molar-refractivity contribution in [3.8, 4) is 17.1 Å². The number of likely N-dealkylation sites (tertiary alicyclic amines) is 1. The molecule has 0 saturated carbocycles. The lowest BCUT2D eigenvalue weighted by Crippen LogP contribution is -2.38. The average Bonchev–Trinajstić information content (AvgIpc) is 3.28. The number of aromatic amines is 1. The molecule has 2 aromatic heterocycles. The van der Waals surface area contributed by atoms with Crippen molar-refractivity contribution in [3.05, 3.63) is 78.0 Å². The number of hydrogen-bond donors (Lipinski definition) is 1. The number of aromatic nitrogens is 3. The normalized spacial score (nSPS) is 15.0. The van der Waals surface area contributed by atoms with Gasteiger partial charge in [-0.2, -0.15) is 0 Å². The minimum absolute atomic E-state index is 0.204. The molecule has 6 nitrogen and oxygen atoms in total. The standard InChI is InChI=1S/C25H21F3N4O2/c26-25(27,28)34-19-8-6-18(7-9-19)24(33)32-14-11-16(12-15-32)20-10-13-29-23-21(20)30-22(31-23)17-4-2-1-3-5-17/h1-10,13,16H,11-12,14-15H2,(H,29,30,31). The van der Waals surface area contributed by atoms with E-state index in [0.717, 1.165) is 47.4 Å². The predicted molar refractivity (Wildman–Crippen MR) is 120 cm³/mol. The zero-order valence-corrected chi connectivity index (χ0v) is 18.0. The van der Waals surface area contributed by atoms with Crippen molar-refractivity contribution in [2.24, 2.45) is 0 Å². The molecule has 4 aromatic rings. The maximum atomic E-state index is 12.8. The highest BCUT2D eigenvalue weighted by Crippen LogP contribution is 2.33. The van der Waals surface area contributed by atoms with E-state index in [1.807, 2.05) is 36.4 Å². The Morgan fingerprint density at radius 3 is 2.38 bits per heavy atom. The molecule has 2 aromatic carbocycles. The number of rotatable bonds is 4. The van der Waals surface area contributed by atoms with Gasteiger partial charge in [0.05, 0.1) is 5.52 Å². The first-order valence-electron chi connectivity index (χ1n) is 10.9. The molecule has 1 N–H and O–H groups in total. The Labute approximate surface area is 193 Å². The number of pyridine rings is 1. The second kappa shape index (κ2) is 8.81. The fraction of sp³-hybridized carbons (Fsp3) is 0.240. The Morgan fingerprint density at radius 1 is 1.00 bits per heavy atom. The maximum Gasteiger partial charge on any atom is 0.573 e. The van der Waals surface area contributed by atoms with Gasteiger partial charge in [0, 0.05) is 30.4 Å². The molecule has 9 heteroatoms. The van der Waals surface area contributed by atoms with Crippen LogP contribution in [0.1, 0.15) is 34.7 Å². The summed E-state index contributed by atoms with van der Waals surface area (Å²) in [4.78, 5) is 27.0. The lowest BCUT2D eigenvalue weighted by Gasteiger charge is -2.32. The molecule has 1 aliphatic heterocycles. The van der Waals surface area contributed by atoms with E-state index in [-0.39, 0.29) is 17.6 Å². The monoisotopic (exact) mass is 466 g/mol. The van der Waals surface area contributed by atoms with Crippen LogP contribution in [0.15, 0.2) is 66.9 Å². The molecule has 34 heavy (non-hydrogen) atoms. The Balaban J connectivity index is 1.28. The highest BCUT2D eigenvalue weighted by molar-refractivity contribution is 5.94. The minimum Gasteiger partial charge on any atom is -0.406 e. The van der Waals surface area contributed by atoms with Crippen molar-refractivity contribution >= 4 is 17.1 Å². The zero-order valence-electron chi connectivity index (χ0n) is 18.0. The van der Waals surface area contributed by atoms with E-state index in [4.69, 9.17) is 0 Å². The largest absolute Gasteiger partial charge is 0.573 e. The van der Waals surface area contributed by atoms with Gasteiger partial charge >= 0.3 is 6.36 Å². The molecule has 0 unspecified atom stereocenters. The van der Waals surface area contributed by atoms with E-state index < -0.39 is 6.36 Å². The quantitative estimate of drug-likeness (QED) is 0.429. The van der Waals surface area contributed by atoms with Crippen LogP contribution in [-0.2, 0) is 0 Å². The summed E-state index contributed by atoms with van der Waals surface area (Å²) in [5, 5.41) is 0. The summed E-state index contributed by atoms with van der Waals surface area (Å²) < 4.78 is 40.9. The summed E-state index contributed by atoms with van der Waals surface area (Å²) in [5.41, 5.74) is 4.02. The van der Waals surface area contributed by atoms with Gasteiger partial charge in [-0.15, -0.1) is 13.2 Å². The van der Waals surface area contributed by atoms with Crippen LogP contribution < -0.4 is 4.74 Å². The number of halogens is 3. The number of benzene rings is 2. The molecule has 1 amide bonds. The first-order valence-corrected chi connectivity index (χ1v) is 10.9. The number of H-pyrrole nitrogens is 1. The fourth-order valence-electron chi connectivity index (χ4n) is 4.38. The van der Waals surface area contributed by atoms with E-state index in [9.17, 15) is 18.0 Å². The Bertz CT molecular complexity index is 1300. The number of piperidine rings is 1. The molecule has 0 radical (unpaired) electrons. The van der Waals surface area contributed by atoms with E-state index in [2.05, 4.69) is 19.7 Å². The lowest BCUT2D eigenvalue weighted by molar-refractivity contribution is -0.274. The predicted octanol–water partition coefficient (Wildman–Crippen LogP) is 5.54. The smallest absolute Gasteiger partial charge is 0.406 e. The highest BCUT2D eigenvalue weighted by Gasteiger charge is 2.31. The van der Waals surface area contributed by atoms with Gasteiger partial charge in [0.15, 0.2) is 5.65 Å². The van der Waals surface area contributed by atoms with Crippen LogP contribution >= 0.6 is 0 Å². The average molecular weight is 466 g/mol. The molecular weight excluding hydrogens is 445 g/mol. The molecule has 0 aliphatic carbocycles. The molecule has 1 fully saturated rings. The third-order valence-electron chi connectivity index (χ3n) is 6.03. The van der Waals surface area contributed by atoms with Crippen molar-refractivity contribution < 1.29 is 22.7 Å². The van der Waals surface area contributed by atoms with Crippen LogP contribution in [0.2, 0.25) is 0 Å². The first kappa shape index (κ1) is 21.9. The van der Waals surface area contributed by atoms with Crippen molar-refractivity contribution in [3.63, 3.8) is 0 Å². The van der Waals surface area contributed by atoms with Crippen LogP contribution in [0.25, 0.3) is 22.6 Å². The van der Waals surface area contributed by atoms with Gasteiger partial charge in [-0.05, 0) is 54.7 Å². The number of imidazole rings is 1. The number of amides is 1. The van der Waals surface area contributed by atoms with Gasteiger partial charge in [-0.25, -0.2) is 9.97 Å². The van der Waals surface area contributed by atoms with E-state index in [1.165, 1.54) is 12.1 Å². The maximum absolute atomic E-state index is 12.8. The fourth-order valence-corrected chi connectivity index (χ4v) is 4.38. The number of carbonyl (C=O) groups is 1. The third kappa shape index (κ3) is 4.59. The summed E-state index contributed by atoms with van der Waals surface area (Å²) in [6.07, 6.45) is -1.47. The van der Waals surface area contributed by atoms with Gasteiger partial charge < -0.3 is 14.6 Å². The SMILES string of the molecule is O=C(c1ccc(OC(F)(F)F)cc1)N1CCC(c2ccnc3nc(-c4ccccc4)[nH]c23)CC1. The molecule has 5 rings (SSSR count).